The van der Waals surface area contributed by atoms with Crippen LogP contribution in [-0.4, -0.2) is 37.2 Å². The van der Waals surface area contributed by atoms with Crippen LogP contribution in [-0.2, 0) is 28.6 Å². The number of rotatable bonds is 60. The molecule has 0 aromatic carbocycles. The lowest BCUT2D eigenvalue weighted by atomic mass is 10.0. The molecule has 0 aromatic rings. The molecule has 432 valence electrons. The van der Waals surface area contributed by atoms with Gasteiger partial charge in [-0.15, -0.1) is 0 Å². The van der Waals surface area contributed by atoms with Gasteiger partial charge in [0.15, 0.2) is 6.10 Å². The Hall–Kier alpha value is -2.63. The Morgan fingerprint density at radius 3 is 0.784 bits per heavy atom. The van der Waals surface area contributed by atoms with Crippen LogP contribution in [0.1, 0.15) is 348 Å². The summed E-state index contributed by atoms with van der Waals surface area (Å²) in [4.78, 5) is 38.4. The highest BCUT2D eigenvalue weighted by atomic mass is 16.6. The Morgan fingerprint density at radius 2 is 0.486 bits per heavy atom. The van der Waals surface area contributed by atoms with Gasteiger partial charge in [-0.3, -0.25) is 14.4 Å². The van der Waals surface area contributed by atoms with Crippen molar-refractivity contribution in [2.45, 2.75) is 354 Å². The van der Waals surface area contributed by atoms with Gasteiger partial charge in [0.05, 0.1) is 0 Å². The lowest BCUT2D eigenvalue weighted by Gasteiger charge is -2.18. The van der Waals surface area contributed by atoms with Crippen molar-refractivity contribution in [3.8, 4) is 0 Å². The van der Waals surface area contributed by atoms with E-state index in [0.29, 0.717) is 19.3 Å². The van der Waals surface area contributed by atoms with Crippen LogP contribution in [0.4, 0.5) is 0 Å². The minimum atomic E-state index is -0.780. The first kappa shape index (κ1) is 71.4. The smallest absolute Gasteiger partial charge is 0.306 e. The number of hydrogen-bond donors (Lipinski definition) is 0. The molecule has 0 fully saturated rings. The van der Waals surface area contributed by atoms with E-state index in [4.69, 9.17) is 14.2 Å². The van der Waals surface area contributed by atoms with Crippen LogP contribution in [0.3, 0.4) is 0 Å². The summed E-state index contributed by atoms with van der Waals surface area (Å²) in [6, 6.07) is 0. The molecule has 0 amide bonds. The molecule has 1 unspecified atom stereocenters. The zero-order chi connectivity index (χ0) is 53.6. The maximum atomic E-state index is 12.9. The number of unbranched alkanes of at least 4 members (excludes halogenated alkanes) is 41. The van der Waals surface area contributed by atoms with Crippen LogP contribution in [0.25, 0.3) is 0 Å². The lowest BCUT2D eigenvalue weighted by Crippen LogP contribution is -2.30. The summed E-state index contributed by atoms with van der Waals surface area (Å²) in [7, 11) is 0. The Labute approximate surface area is 460 Å². The second kappa shape index (κ2) is 62.9. The average molecular weight is 1040 g/mol. The van der Waals surface area contributed by atoms with Gasteiger partial charge in [-0.2, -0.15) is 0 Å². The third-order valence-corrected chi connectivity index (χ3v) is 14.6. The van der Waals surface area contributed by atoms with Gasteiger partial charge in [-0.25, -0.2) is 0 Å². The molecule has 0 bridgehead atoms. The molecule has 0 radical (unpaired) electrons. The molecule has 0 saturated heterocycles. The van der Waals surface area contributed by atoms with Crippen molar-refractivity contribution in [2.75, 3.05) is 13.2 Å². The molecule has 6 nitrogen and oxygen atoms in total. The van der Waals surface area contributed by atoms with Crippen molar-refractivity contribution in [3.63, 3.8) is 0 Å². The highest BCUT2D eigenvalue weighted by Gasteiger charge is 2.19. The van der Waals surface area contributed by atoms with Crippen molar-refractivity contribution in [3.05, 3.63) is 48.6 Å². The highest BCUT2D eigenvalue weighted by Crippen LogP contribution is 2.17. The van der Waals surface area contributed by atoms with Crippen LogP contribution < -0.4 is 0 Å². The summed E-state index contributed by atoms with van der Waals surface area (Å²) in [5, 5.41) is 0. The average Bonchev–Trinajstić information content (AvgIpc) is 3.40. The first-order valence-electron chi connectivity index (χ1n) is 32.6. The number of carbonyl (C=O) groups is 3. The predicted octanol–water partition coefficient (Wildman–Crippen LogP) is 22.2. The van der Waals surface area contributed by atoms with Crippen LogP contribution >= 0.6 is 0 Å². The fraction of sp³-hybridized carbons (Fsp3) is 0.838. The predicted molar refractivity (Wildman–Crippen MR) is 321 cm³/mol. The van der Waals surface area contributed by atoms with Crippen LogP contribution in [0, 0.1) is 0 Å². The van der Waals surface area contributed by atoms with Crippen LogP contribution in [0.5, 0.6) is 0 Å². The van der Waals surface area contributed by atoms with E-state index in [9.17, 15) is 14.4 Å². The second-order valence-corrected chi connectivity index (χ2v) is 22.0. The highest BCUT2D eigenvalue weighted by molar-refractivity contribution is 5.71. The Kier molecular flexibility index (Phi) is 60.7. The van der Waals surface area contributed by atoms with E-state index in [0.717, 1.165) is 83.5 Å². The molecule has 0 aliphatic rings. The van der Waals surface area contributed by atoms with Gasteiger partial charge >= 0.3 is 17.9 Å². The monoisotopic (exact) mass is 1040 g/mol. The number of ether oxygens (including phenoxy) is 3. The van der Waals surface area contributed by atoms with Gasteiger partial charge in [-0.05, 0) is 83.5 Å². The van der Waals surface area contributed by atoms with Crippen LogP contribution in [0.2, 0.25) is 0 Å². The molecular weight excluding hydrogens is 913 g/mol. The summed E-state index contributed by atoms with van der Waals surface area (Å²) in [6.45, 7) is 6.64. The number of hydrogen-bond acceptors (Lipinski definition) is 6. The largest absolute Gasteiger partial charge is 0.462 e. The molecule has 6 heteroatoms. The summed E-state index contributed by atoms with van der Waals surface area (Å²) >= 11 is 0. The van der Waals surface area contributed by atoms with E-state index in [1.165, 1.54) is 225 Å². The molecule has 0 rings (SSSR count). The zero-order valence-corrected chi connectivity index (χ0v) is 49.6. The standard InChI is InChI=1S/C68H124O6/c1-4-7-10-13-16-19-22-25-28-31-33-34-35-38-40-43-46-49-52-55-58-61-67(70)73-64-65(63-72-66(69)60-57-54-51-48-45-42-39-36-30-27-24-21-18-15-12-9-6-3)74-68(71)62-59-56-53-50-47-44-41-37-32-29-26-23-20-17-14-11-8-5-2/h18,20-21,23,27,29-30,32,65H,4-17,19,22,24-26,28,31,33-64H2,1-3H3/b21-18-,23-20-,30-27-,32-29-. The van der Waals surface area contributed by atoms with Crippen molar-refractivity contribution in [1.29, 1.82) is 0 Å². The first-order valence-corrected chi connectivity index (χ1v) is 32.6. The molecule has 0 aliphatic heterocycles. The minimum absolute atomic E-state index is 0.0753. The Bertz CT molecular complexity index is 1280. The zero-order valence-electron chi connectivity index (χ0n) is 49.6. The molecule has 1 atom stereocenters. The molecule has 74 heavy (non-hydrogen) atoms. The number of carbonyl (C=O) groups excluding carboxylic acids is 3. The Morgan fingerprint density at radius 1 is 0.270 bits per heavy atom. The molecule has 0 heterocycles. The molecule has 0 spiro atoms. The van der Waals surface area contributed by atoms with Gasteiger partial charge in [0.1, 0.15) is 13.2 Å². The Balaban J connectivity index is 4.34. The fourth-order valence-corrected chi connectivity index (χ4v) is 9.62. The summed E-state index contributed by atoms with van der Waals surface area (Å²) < 4.78 is 17.0. The molecule has 0 aromatic heterocycles. The molecule has 0 saturated carbocycles. The summed E-state index contributed by atoms with van der Waals surface area (Å²) in [5.41, 5.74) is 0. The van der Waals surface area contributed by atoms with Crippen molar-refractivity contribution in [2.24, 2.45) is 0 Å². The van der Waals surface area contributed by atoms with Gasteiger partial charge in [0, 0.05) is 19.3 Å². The van der Waals surface area contributed by atoms with E-state index in [1.54, 1.807) is 0 Å². The van der Waals surface area contributed by atoms with Gasteiger partial charge < -0.3 is 14.2 Å². The topological polar surface area (TPSA) is 78.9 Å². The minimum Gasteiger partial charge on any atom is -0.462 e. The van der Waals surface area contributed by atoms with Crippen molar-refractivity contribution in [1.82, 2.24) is 0 Å². The van der Waals surface area contributed by atoms with E-state index >= 15 is 0 Å². The molecule has 0 aliphatic carbocycles. The second-order valence-electron chi connectivity index (χ2n) is 22.0. The van der Waals surface area contributed by atoms with E-state index in [2.05, 4.69) is 69.4 Å². The third kappa shape index (κ3) is 60.2. The summed E-state index contributed by atoms with van der Waals surface area (Å²) in [6.07, 6.45) is 78.3. The fourth-order valence-electron chi connectivity index (χ4n) is 9.62. The summed E-state index contributed by atoms with van der Waals surface area (Å²) in [5.74, 6) is -0.869. The van der Waals surface area contributed by atoms with E-state index < -0.39 is 6.10 Å². The number of esters is 3. The lowest BCUT2D eigenvalue weighted by molar-refractivity contribution is -0.167. The molecular formula is C68H124O6. The maximum absolute atomic E-state index is 12.9. The van der Waals surface area contributed by atoms with Gasteiger partial charge in [0.2, 0.25) is 0 Å². The third-order valence-electron chi connectivity index (χ3n) is 14.6. The number of allylic oxidation sites excluding steroid dienone is 8. The normalized spacial score (nSPS) is 12.3. The van der Waals surface area contributed by atoms with Crippen LogP contribution in [0.15, 0.2) is 48.6 Å². The SMILES string of the molecule is CCCCC/C=C\C/C=C\CCCCCCCCCC(=O)OCC(COC(=O)CCCCCCCCCCCCCCCCCCCCCCC)OC(=O)CCCCCCCCC/C=C\C/C=C\CCCCCC. The van der Waals surface area contributed by atoms with Crippen molar-refractivity contribution < 1.29 is 28.6 Å². The van der Waals surface area contributed by atoms with Gasteiger partial charge in [-0.1, -0.05) is 294 Å². The van der Waals surface area contributed by atoms with Crippen molar-refractivity contribution >= 4 is 17.9 Å². The first-order chi connectivity index (χ1) is 36.5. The maximum Gasteiger partial charge on any atom is 0.306 e. The molecule has 0 N–H and O–H groups in total. The van der Waals surface area contributed by atoms with Gasteiger partial charge in [0.25, 0.3) is 0 Å². The quantitative estimate of drug-likeness (QED) is 0.0261. The van der Waals surface area contributed by atoms with E-state index in [1.807, 2.05) is 0 Å². The van der Waals surface area contributed by atoms with E-state index in [-0.39, 0.29) is 31.1 Å².